The zero-order chi connectivity index (χ0) is 15.5. The maximum atomic E-state index is 12.1. The van der Waals surface area contributed by atoms with E-state index in [0.717, 1.165) is 5.69 Å². The van der Waals surface area contributed by atoms with Crippen molar-refractivity contribution in [3.63, 3.8) is 0 Å². The lowest BCUT2D eigenvalue weighted by Crippen LogP contribution is -2.29. The number of hydrogen-bond donors (Lipinski definition) is 2. The summed E-state index contributed by atoms with van der Waals surface area (Å²) in [5.41, 5.74) is 1.16. The lowest BCUT2D eigenvalue weighted by atomic mass is 10.4. The van der Waals surface area contributed by atoms with Gasteiger partial charge in [-0.15, -0.1) is 5.10 Å². The topological polar surface area (TPSA) is 110 Å². The smallest absolute Gasteiger partial charge is 0.246 e. The quantitative estimate of drug-likeness (QED) is 0.758. The number of nitrogens with one attached hydrogen (secondary N) is 2. The van der Waals surface area contributed by atoms with E-state index in [2.05, 4.69) is 25.4 Å². The maximum absolute atomic E-state index is 12.1. The number of nitrogens with zero attached hydrogens (tertiary/aromatic N) is 3. The van der Waals surface area contributed by atoms with E-state index in [1.54, 1.807) is 19.9 Å². The first kappa shape index (κ1) is 15.4. The van der Waals surface area contributed by atoms with Crippen molar-refractivity contribution in [2.24, 2.45) is 0 Å². The summed E-state index contributed by atoms with van der Waals surface area (Å²) < 4.78 is 31.6. The van der Waals surface area contributed by atoms with Gasteiger partial charge in [-0.3, -0.25) is 0 Å². The molecule has 2 N–H and O–H groups in total. The molecule has 2 heterocycles. The van der Waals surface area contributed by atoms with Gasteiger partial charge in [0.1, 0.15) is 16.4 Å². The molecule has 0 aliphatic carbocycles. The molecule has 0 aliphatic rings. The number of aromatic nitrogens is 3. The van der Waals surface area contributed by atoms with E-state index in [4.69, 9.17) is 4.52 Å². The van der Waals surface area contributed by atoms with Crippen LogP contribution in [-0.4, -0.2) is 36.9 Å². The Balaban J connectivity index is 1.90. The summed E-state index contributed by atoms with van der Waals surface area (Å²) in [7, 11) is -3.62. The molecule has 2 rings (SSSR count). The average Bonchev–Trinajstić information content (AvgIpc) is 2.77. The minimum Gasteiger partial charge on any atom is -0.367 e. The average molecular weight is 311 g/mol. The Labute approximate surface area is 123 Å². The summed E-state index contributed by atoms with van der Waals surface area (Å²) in [5, 5.41) is 14.4. The van der Waals surface area contributed by atoms with Gasteiger partial charge < -0.3 is 9.84 Å². The molecule has 2 aromatic heterocycles. The van der Waals surface area contributed by atoms with Gasteiger partial charge in [-0.25, -0.2) is 13.1 Å². The van der Waals surface area contributed by atoms with Gasteiger partial charge >= 0.3 is 0 Å². The van der Waals surface area contributed by atoms with E-state index in [9.17, 15) is 8.42 Å². The fourth-order valence-corrected chi connectivity index (χ4v) is 3.16. The molecule has 0 fully saturated rings. The molecule has 0 amide bonds. The molecule has 114 valence electrons. The monoisotopic (exact) mass is 311 g/mol. The second-order valence-corrected chi connectivity index (χ2v) is 6.24. The summed E-state index contributed by atoms with van der Waals surface area (Å²) >= 11 is 0. The van der Waals surface area contributed by atoms with E-state index < -0.39 is 10.0 Å². The molecule has 0 saturated heterocycles. The predicted octanol–water partition coefficient (Wildman–Crippen LogP) is 0.780. The normalized spacial score (nSPS) is 11.6. The Morgan fingerprint density at radius 3 is 2.48 bits per heavy atom. The highest BCUT2D eigenvalue weighted by Crippen LogP contribution is 2.18. The predicted molar refractivity (Wildman–Crippen MR) is 76.4 cm³/mol. The fourth-order valence-electron chi connectivity index (χ4n) is 1.80. The van der Waals surface area contributed by atoms with E-state index in [1.165, 1.54) is 0 Å². The van der Waals surface area contributed by atoms with Crippen molar-refractivity contribution < 1.29 is 12.9 Å². The lowest BCUT2D eigenvalue weighted by Gasteiger charge is -2.07. The van der Waals surface area contributed by atoms with Gasteiger partial charge in [0.15, 0.2) is 5.76 Å². The van der Waals surface area contributed by atoms with Crippen molar-refractivity contribution in [2.45, 2.75) is 25.7 Å². The molecule has 0 radical (unpaired) electrons. The lowest BCUT2D eigenvalue weighted by molar-refractivity contribution is 0.390. The summed E-state index contributed by atoms with van der Waals surface area (Å²) in [5.74, 6) is 0.870. The summed E-state index contributed by atoms with van der Waals surface area (Å²) in [6.45, 7) is 5.59. The van der Waals surface area contributed by atoms with Crippen molar-refractivity contribution in [1.82, 2.24) is 20.1 Å². The van der Waals surface area contributed by atoms with E-state index in [-0.39, 0.29) is 17.2 Å². The van der Waals surface area contributed by atoms with Gasteiger partial charge in [0.25, 0.3) is 0 Å². The SMILES string of the molecule is Cc1ccc(NCCNS(=O)(=O)c2c(C)noc2C)nn1. The minimum absolute atomic E-state index is 0.0950. The largest absolute Gasteiger partial charge is 0.367 e. The molecule has 2 aromatic rings. The zero-order valence-corrected chi connectivity index (χ0v) is 12.9. The van der Waals surface area contributed by atoms with Crippen LogP contribution in [-0.2, 0) is 10.0 Å². The van der Waals surface area contributed by atoms with Crippen LogP contribution in [0.4, 0.5) is 5.82 Å². The van der Waals surface area contributed by atoms with E-state index >= 15 is 0 Å². The van der Waals surface area contributed by atoms with Crippen LogP contribution in [0.3, 0.4) is 0 Å². The highest BCUT2D eigenvalue weighted by Gasteiger charge is 2.23. The number of rotatable bonds is 6. The van der Waals surface area contributed by atoms with Crippen LogP contribution < -0.4 is 10.0 Å². The van der Waals surface area contributed by atoms with Crippen LogP contribution in [0.25, 0.3) is 0 Å². The third-order valence-corrected chi connectivity index (χ3v) is 4.46. The zero-order valence-electron chi connectivity index (χ0n) is 12.0. The van der Waals surface area contributed by atoms with Crippen molar-refractivity contribution in [1.29, 1.82) is 0 Å². The van der Waals surface area contributed by atoms with Gasteiger partial charge in [-0.05, 0) is 32.9 Å². The molecular formula is C12H17N5O3S. The Morgan fingerprint density at radius 1 is 1.14 bits per heavy atom. The van der Waals surface area contributed by atoms with Crippen molar-refractivity contribution in [3.05, 3.63) is 29.3 Å². The van der Waals surface area contributed by atoms with Crippen molar-refractivity contribution in [2.75, 3.05) is 18.4 Å². The standard InChI is InChI=1S/C12H17N5O3S/c1-8-4-5-11(16-15-8)13-6-7-14-21(18,19)12-9(2)17-20-10(12)3/h4-5,14H,6-7H2,1-3H3,(H,13,16). The molecule has 0 atom stereocenters. The van der Waals surface area contributed by atoms with Crippen molar-refractivity contribution >= 4 is 15.8 Å². The Kier molecular flexibility index (Phi) is 4.53. The molecule has 21 heavy (non-hydrogen) atoms. The van der Waals surface area contributed by atoms with E-state index in [0.29, 0.717) is 18.1 Å². The molecule has 0 aliphatic heterocycles. The van der Waals surface area contributed by atoms with Crippen molar-refractivity contribution in [3.8, 4) is 0 Å². The van der Waals surface area contributed by atoms with Gasteiger partial charge in [0.05, 0.1) is 5.69 Å². The maximum Gasteiger partial charge on any atom is 0.246 e. The van der Waals surface area contributed by atoms with Crippen LogP contribution >= 0.6 is 0 Å². The fraction of sp³-hybridized carbons (Fsp3) is 0.417. The molecular weight excluding hydrogens is 294 g/mol. The van der Waals surface area contributed by atoms with Gasteiger partial charge in [0, 0.05) is 13.1 Å². The summed E-state index contributed by atoms with van der Waals surface area (Å²) in [6.07, 6.45) is 0. The highest BCUT2D eigenvalue weighted by molar-refractivity contribution is 7.89. The minimum atomic E-state index is -3.62. The van der Waals surface area contributed by atoms with E-state index in [1.807, 2.05) is 13.0 Å². The van der Waals surface area contributed by atoms with Crippen LogP contribution in [0.15, 0.2) is 21.6 Å². The van der Waals surface area contributed by atoms with Crippen LogP contribution in [0, 0.1) is 20.8 Å². The molecule has 8 nitrogen and oxygen atoms in total. The van der Waals surface area contributed by atoms with Crippen LogP contribution in [0.2, 0.25) is 0 Å². The highest BCUT2D eigenvalue weighted by atomic mass is 32.2. The van der Waals surface area contributed by atoms with Gasteiger partial charge in [-0.1, -0.05) is 5.16 Å². The first-order valence-electron chi connectivity index (χ1n) is 6.37. The second kappa shape index (κ2) is 6.19. The third-order valence-electron chi connectivity index (χ3n) is 2.76. The number of hydrogen-bond acceptors (Lipinski definition) is 7. The Hall–Kier alpha value is -2.00. The molecule has 9 heteroatoms. The Bertz CT molecular complexity index is 689. The van der Waals surface area contributed by atoms with Crippen LogP contribution in [0.5, 0.6) is 0 Å². The first-order valence-corrected chi connectivity index (χ1v) is 7.85. The Morgan fingerprint density at radius 2 is 1.90 bits per heavy atom. The third kappa shape index (κ3) is 3.76. The number of sulfonamides is 1. The molecule has 0 bridgehead atoms. The molecule has 0 spiro atoms. The van der Waals surface area contributed by atoms with Gasteiger partial charge in [0.2, 0.25) is 10.0 Å². The van der Waals surface area contributed by atoms with Gasteiger partial charge in [-0.2, -0.15) is 5.10 Å². The molecule has 0 unspecified atom stereocenters. The summed E-state index contributed by atoms with van der Waals surface area (Å²) in [6, 6.07) is 3.61. The van der Waals surface area contributed by atoms with Crippen LogP contribution in [0.1, 0.15) is 17.1 Å². The molecule has 0 saturated carbocycles. The second-order valence-electron chi connectivity index (χ2n) is 4.54. The molecule has 0 aromatic carbocycles. The number of anilines is 1. The first-order chi connectivity index (χ1) is 9.90. The summed E-state index contributed by atoms with van der Waals surface area (Å²) in [4.78, 5) is 0.0950. The number of aryl methyl sites for hydroxylation is 3.